The van der Waals surface area contributed by atoms with Crippen molar-refractivity contribution >= 4 is 17.8 Å². The van der Waals surface area contributed by atoms with Gasteiger partial charge in [-0.3, -0.25) is 24.9 Å². The number of rotatable bonds is 5. The molecule has 7 heteroatoms. The Hall–Kier alpha value is -2.44. The van der Waals surface area contributed by atoms with E-state index >= 15 is 0 Å². The minimum atomic E-state index is -0.485. The highest BCUT2D eigenvalue weighted by Gasteiger charge is 2.36. The molecule has 1 aromatic heterocycles. The summed E-state index contributed by atoms with van der Waals surface area (Å²) in [6.45, 7) is 2.23. The number of aromatic nitrogens is 1. The predicted octanol–water partition coefficient (Wildman–Crippen LogP) is 0.791. The molecule has 0 aliphatic carbocycles. The van der Waals surface area contributed by atoms with Gasteiger partial charge < -0.3 is 0 Å². The third-order valence-electron chi connectivity index (χ3n) is 2.95. The molecule has 0 spiro atoms. The largest absolute Gasteiger partial charge is 0.345 e. The summed E-state index contributed by atoms with van der Waals surface area (Å²) in [7, 11) is 0. The number of carbonyl (C=O) groups excluding carboxylic acids is 3. The zero-order valence-electron chi connectivity index (χ0n) is 11.2. The molecule has 1 N–H and O–H groups in total. The summed E-state index contributed by atoms with van der Waals surface area (Å²) in [5.74, 6) is -0.758. The van der Waals surface area contributed by atoms with Crippen molar-refractivity contribution in [3.05, 3.63) is 30.1 Å². The summed E-state index contributed by atoms with van der Waals surface area (Å²) < 4.78 is 0. The summed E-state index contributed by atoms with van der Waals surface area (Å²) in [4.78, 5) is 40.6. The molecule has 0 atom stereocenters. The first-order valence-corrected chi connectivity index (χ1v) is 6.46. The molecule has 2 heterocycles. The number of hydrogen-bond donors (Lipinski definition) is 1. The van der Waals surface area contributed by atoms with Gasteiger partial charge >= 0.3 is 6.03 Å². The maximum Gasteiger partial charge on any atom is 0.345 e. The molecule has 1 fully saturated rings. The summed E-state index contributed by atoms with van der Waals surface area (Å²) in [6.07, 6.45) is 4.58. The fourth-order valence-corrected chi connectivity index (χ4v) is 1.85. The topological polar surface area (TPSA) is 82.6 Å². The molecule has 2 rings (SSSR count). The lowest BCUT2D eigenvalue weighted by atomic mass is 10.3. The van der Waals surface area contributed by atoms with Gasteiger partial charge in [0.15, 0.2) is 0 Å². The zero-order valence-corrected chi connectivity index (χ0v) is 11.2. The molecule has 0 bridgehead atoms. The average molecular weight is 276 g/mol. The Morgan fingerprint density at radius 3 is 2.90 bits per heavy atom. The molecular weight excluding hydrogens is 260 g/mol. The van der Waals surface area contributed by atoms with Crippen LogP contribution < -0.4 is 5.43 Å². The highest BCUT2D eigenvalue weighted by Crippen LogP contribution is 2.10. The number of hydrazine groups is 1. The molecule has 1 aliphatic heterocycles. The minimum absolute atomic E-state index is 0.130. The molecule has 4 amide bonds. The summed E-state index contributed by atoms with van der Waals surface area (Å²) >= 11 is 0. The van der Waals surface area contributed by atoms with E-state index in [2.05, 4.69) is 10.4 Å². The Kier molecular flexibility index (Phi) is 4.29. The Balaban J connectivity index is 1.99. The van der Waals surface area contributed by atoms with Crippen molar-refractivity contribution in [3.63, 3.8) is 0 Å². The van der Waals surface area contributed by atoms with Crippen molar-refractivity contribution in [2.75, 3.05) is 13.1 Å². The van der Waals surface area contributed by atoms with Gasteiger partial charge in [0.25, 0.3) is 11.8 Å². The number of nitrogens with one attached hydrogen (secondary N) is 1. The SMILES string of the molecule is CCCCN1C(=O)CN(NC(=O)c2cccnc2)C1=O. The number of hydrogen-bond acceptors (Lipinski definition) is 4. The molecule has 0 unspecified atom stereocenters. The molecule has 0 radical (unpaired) electrons. The lowest BCUT2D eigenvalue weighted by Crippen LogP contribution is -2.45. The number of pyridine rings is 1. The zero-order chi connectivity index (χ0) is 14.5. The third kappa shape index (κ3) is 2.93. The van der Waals surface area contributed by atoms with E-state index in [9.17, 15) is 14.4 Å². The van der Waals surface area contributed by atoms with E-state index in [4.69, 9.17) is 0 Å². The maximum atomic E-state index is 12.0. The number of nitrogens with zero attached hydrogens (tertiary/aromatic N) is 3. The first kappa shape index (κ1) is 14.0. The molecule has 1 aliphatic rings. The van der Waals surface area contributed by atoms with Gasteiger partial charge in [-0.1, -0.05) is 13.3 Å². The van der Waals surface area contributed by atoms with Crippen LogP contribution in [0.15, 0.2) is 24.5 Å². The molecule has 20 heavy (non-hydrogen) atoms. The van der Waals surface area contributed by atoms with Crippen LogP contribution in [-0.4, -0.2) is 45.8 Å². The van der Waals surface area contributed by atoms with Crippen molar-refractivity contribution in [1.82, 2.24) is 20.3 Å². The number of amides is 4. The third-order valence-corrected chi connectivity index (χ3v) is 2.95. The van der Waals surface area contributed by atoms with Crippen LogP contribution in [0.4, 0.5) is 4.79 Å². The first-order chi connectivity index (χ1) is 9.63. The first-order valence-electron chi connectivity index (χ1n) is 6.46. The number of urea groups is 1. The van der Waals surface area contributed by atoms with E-state index in [0.717, 1.165) is 22.8 Å². The number of unbranched alkanes of at least 4 members (excludes halogenated alkanes) is 1. The van der Waals surface area contributed by atoms with Gasteiger partial charge in [0.2, 0.25) is 0 Å². The fraction of sp³-hybridized carbons (Fsp3) is 0.385. The molecule has 106 valence electrons. The molecule has 1 saturated heterocycles. The second-order valence-corrected chi connectivity index (χ2v) is 4.45. The fourth-order valence-electron chi connectivity index (χ4n) is 1.85. The van der Waals surface area contributed by atoms with Gasteiger partial charge in [0.05, 0.1) is 5.56 Å². The summed E-state index contributed by atoms with van der Waals surface area (Å²) in [5, 5.41) is 1.04. The van der Waals surface area contributed by atoms with E-state index < -0.39 is 11.9 Å². The van der Waals surface area contributed by atoms with Crippen LogP contribution in [0.3, 0.4) is 0 Å². The van der Waals surface area contributed by atoms with E-state index in [-0.39, 0.29) is 12.5 Å². The van der Waals surface area contributed by atoms with E-state index in [1.165, 1.54) is 6.20 Å². The van der Waals surface area contributed by atoms with Crippen molar-refractivity contribution in [1.29, 1.82) is 0 Å². The maximum absolute atomic E-state index is 12.0. The highest BCUT2D eigenvalue weighted by atomic mass is 16.2. The molecule has 0 aromatic carbocycles. The quantitative estimate of drug-likeness (QED) is 0.806. The van der Waals surface area contributed by atoms with Crippen LogP contribution >= 0.6 is 0 Å². The van der Waals surface area contributed by atoms with Crippen molar-refractivity contribution in [2.45, 2.75) is 19.8 Å². The van der Waals surface area contributed by atoms with Gasteiger partial charge in [-0.25, -0.2) is 9.80 Å². The van der Waals surface area contributed by atoms with Crippen LogP contribution in [0, 0.1) is 0 Å². The van der Waals surface area contributed by atoms with E-state index in [1.54, 1.807) is 18.3 Å². The van der Waals surface area contributed by atoms with Gasteiger partial charge in [-0.05, 0) is 18.6 Å². The van der Waals surface area contributed by atoms with E-state index in [1.807, 2.05) is 6.92 Å². The Morgan fingerprint density at radius 2 is 2.25 bits per heavy atom. The normalized spacial score (nSPS) is 14.8. The second-order valence-electron chi connectivity index (χ2n) is 4.45. The minimum Gasteiger partial charge on any atom is -0.272 e. The average Bonchev–Trinajstić information content (AvgIpc) is 2.72. The standard InChI is InChI=1S/C13H16N4O3/c1-2-3-7-16-11(18)9-17(13(16)20)15-12(19)10-5-4-6-14-8-10/h4-6,8H,2-3,7,9H2,1H3,(H,15,19). The van der Waals surface area contributed by atoms with Crippen molar-refractivity contribution < 1.29 is 14.4 Å². The van der Waals surface area contributed by atoms with Crippen LogP contribution in [-0.2, 0) is 4.79 Å². The van der Waals surface area contributed by atoms with Gasteiger partial charge in [0.1, 0.15) is 6.54 Å². The second kappa shape index (κ2) is 6.14. The van der Waals surface area contributed by atoms with E-state index in [0.29, 0.717) is 12.1 Å². The summed E-state index contributed by atoms with van der Waals surface area (Å²) in [6, 6.07) is 2.72. The monoisotopic (exact) mass is 276 g/mol. The van der Waals surface area contributed by atoms with Crippen LogP contribution in [0.25, 0.3) is 0 Å². The number of carbonyl (C=O) groups is 3. The Morgan fingerprint density at radius 1 is 1.45 bits per heavy atom. The van der Waals surface area contributed by atoms with Gasteiger partial charge in [-0.15, -0.1) is 0 Å². The lowest BCUT2D eigenvalue weighted by Gasteiger charge is -2.17. The summed E-state index contributed by atoms with van der Waals surface area (Å²) in [5.41, 5.74) is 2.76. The Bertz CT molecular complexity index is 518. The van der Waals surface area contributed by atoms with Crippen LogP contribution in [0.5, 0.6) is 0 Å². The smallest absolute Gasteiger partial charge is 0.272 e. The van der Waals surface area contributed by atoms with Crippen molar-refractivity contribution in [3.8, 4) is 0 Å². The predicted molar refractivity (Wildman–Crippen MR) is 70.4 cm³/mol. The van der Waals surface area contributed by atoms with Gasteiger partial charge in [-0.2, -0.15) is 0 Å². The van der Waals surface area contributed by atoms with Crippen LogP contribution in [0.1, 0.15) is 30.1 Å². The number of imide groups is 1. The Labute approximate surface area is 116 Å². The molecule has 1 aromatic rings. The van der Waals surface area contributed by atoms with Gasteiger partial charge in [0, 0.05) is 18.9 Å². The highest BCUT2D eigenvalue weighted by molar-refractivity contribution is 6.03. The van der Waals surface area contributed by atoms with Crippen molar-refractivity contribution in [2.24, 2.45) is 0 Å². The molecular formula is C13H16N4O3. The molecule has 7 nitrogen and oxygen atoms in total. The lowest BCUT2D eigenvalue weighted by molar-refractivity contribution is -0.125. The van der Waals surface area contributed by atoms with Crippen LogP contribution in [0.2, 0.25) is 0 Å². The molecule has 0 saturated carbocycles.